The zero-order valence-electron chi connectivity index (χ0n) is 12.1. The number of thiazole rings is 1. The summed E-state index contributed by atoms with van der Waals surface area (Å²) in [4.78, 5) is 5.26. The summed E-state index contributed by atoms with van der Waals surface area (Å²) < 4.78 is 11.4. The van der Waals surface area contributed by atoms with Gasteiger partial charge in [-0.05, 0) is 32.9 Å². The van der Waals surface area contributed by atoms with Crippen LogP contribution in [-0.4, -0.2) is 17.7 Å². The van der Waals surface area contributed by atoms with Crippen LogP contribution in [0.15, 0.2) is 29.9 Å². The van der Waals surface area contributed by atoms with Gasteiger partial charge in [-0.1, -0.05) is 0 Å². The molecule has 2 rings (SSSR count). The fraction of sp³-hybridized carbons (Fsp3) is 0.400. The van der Waals surface area contributed by atoms with Crippen LogP contribution in [-0.2, 0) is 6.54 Å². The molecule has 0 fully saturated rings. The second-order valence-electron chi connectivity index (χ2n) is 4.58. The van der Waals surface area contributed by atoms with Crippen LogP contribution >= 0.6 is 11.3 Å². The first-order valence-corrected chi connectivity index (χ1v) is 7.61. The number of hydrogen-bond acceptors (Lipinski definition) is 5. The third-order valence-corrected chi connectivity index (χ3v) is 3.34. The minimum Gasteiger partial charge on any atom is -0.490 e. The number of nitrogens with zero attached hydrogens (tertiary/aromatic N) is 1. The third kappa shape index (κ3) is 4.13. The largest absolute Gasteiger partial charge is 0.490 e. The summed E-state index contributed by atoms with van der Waals surface area (Å²) in [5.74, 6) is 1.56. The Morgan fingerprint density at radius 3 is 2.80 bits per heavy atom. The molecular formula is C15H20N2O2S. The van der Waals surface area contributed by atoms with Crippen LogP contribution in [0.3, 0.4) is 0 Å². The van der Waals surface area contributed by atoms with Crippen molar-refractivity contribution in [2.75, 3.05) is 11.9 Å². The summed E-state index contributed by atoms with van der Waals surface area (Å²) in [5, 5.41) is 3.36. The van der Waals surface area contributed by atoms with Gasteiger partial charge >= 0.3 is 0 Å². The molecule has 0 spiro atoms. The third-order valence-electron chi connectivity index (χ3n) is 2.56. The van der Waals surface area contributed by atoms with Gasteiger partial charge in [-0.2, -0.15) is 0 Å². The minimum absolute atomic E-state index is 0.130. The summed E-state index contributed by atoms with van der Waals surface area (Å²) in [6.07, 6.45) is 2.00. The standard InChI is InChI=1S/C15H20N2O2S/c1-4-18-15-7-12(5-6-14(15)19-11(2)3)17-9-13-8-16-10-20-13/h5-8,10-11,17H,4,9H2,1-3H3. The van der Waals surface area contributed by atoms with Gasteiger partial charge in [-0.3, -0.25) is 4.98 Å². The van der Waals surface area contributed by atoms with Gasteiger partial charge in [-0.25, -0.2) is 0 Å². The zero-order valence-corrected chi connectivity index (χ0v) is 12.9. The van der Waals surface area contributed by atoms with Crippen LogP contribution < -0.4 is 14.8 Å². The summed E-state index contributed by atoms with van der Waals surface area (Å²) in [6.45, 7) is 7.36. The van der Waals surface area contributed by atoms with Gasteiger partial charge in [-0.15, -0.1) is 11.3 Å². The van der Waals surface area contributed by atoms with Crippen LogP contribution in [0, 0.1) is 0 Å². The smallest absolute Gasteiger partial charge is 0.163 e. The minimum atomic E-state index is 0.130. The molecule has 0 atom stereocenters. The number of anilines is 1. The van der Waals surface area contributed by atoms with Crippen molar-refractivity contribution in [1.29, 1.82) is 0 Å². The molecule has 2 aromatic rings. The van der Waals surface area contributed by atoms with Crippen molar-refractivity contribution in [2.45, 2.75) is 33.4 Å². The number of hydrogen-bond donors (Lipinski definition) is 1. The number of rotatable bonds is 7. The average molecular weight is 292 g/mol. The maximum Gasteiger partial charge on any atom is 0.163 e. The zero-order chi connectivity index (χ0) is 14.4. The molecule has 0 aliphatic heterocycles. The van der Waals surface area contributed by atoms with Gasteiger partial charge in [0.2, 0.25) is 0 Å². The van der Waals surface area contributed by atoms with Crippen molar-refractivity contribution < 1.29 is 9.47 Å². The van der Waals surface area contributed by atoms with E-state index >= 15 is 0 Å². The fourth-order valence-corrected chi connectivity index (χ4v) is 2.29. The van der Waals surface area contributed by atoms with E-state index in [1.165, 1.54) is 4.88 Å². The second-order valence-corrected chi connectivity index (χ2v) is 5.55. The van der Waals surface area contributed by atoms with Crippen molar-refractivity contribution in [3.63, 3.8) is 0 Å². The average Bonchev–Trinajstić information content (AvgIpc) is 2.92. The Morgan fingerprint density at radius 1 is 1.30 bits per heavy atom. The van der Waals surface area contributed by atoms with Gasteiger partial charge in [0.25, 0.3) is 0 Å². The number of nitrogens with one attached hydrogen (secondary N) is 1. The Bertz CT molecular complexity index is 527. The van der Waals surface area contributed by atoms with Crippen LogP contribution in [0.25, 0.3) is 0 Å². The van der Waals surface area contributed by atoms with Crippen LogP contribution in [0.2, 0.25) is 0 Å². The molecule has 1 aromatic carbocycles. The molecule has 0 saturated carbocycles. The van der Waals surface area contributed by atoms with E-state index in [0.717, 1.165) is 23.7 Å². The first kappa shape index (κ1) is 14.7. The van der Waals surface area contributed by atoms with Crippen molar-refractivity contribution in [3.05, 3.63) is 34.8 Å². The first-order chi connectivity index (χ1) is 9.69. The molecule has 0 bridgehead atoms. The van der Waals surface area contributed by atoms with E-state index in [4.69, 9.17) is 9.47 Å². The predicted molar refractivity (Wildman–Crippen MR) is 82.8 cm³/mol. The number of ether oxygens (including phenoxy) is 2. The lowest BCUT2D eigenvalue weighted by molar-refractivity contribution is 0.224. The maximum atomic E-state index is 5.74. The highest BCUT2D eigenvalue weighted by Crippen LogP contribution is 2.31. The number of benzene rings is 1. The normalized spacial score (nSPS) is 10.6. The lowest BCUT2D eigenvalue weighted by Crippen LogP contribution is -2.08. The van der Waals surface area contributed by atoms with Crippen LogP contribution in [0.5, 0.6) is 11.5 Å². The number of aromatic nitrogens is 1. The van der Waals surface area contributed by atoms with E-state index in [-0.39, 0.29) is 6.10 Å². The molecule has 0 radical (unpaired) electrons. The van der Waals surface area contributed by atoms with Crippen LogP contribution in [0.1, 0.15) is 25.6 Å². The Labute approximate surface area is 123 Å². The Balaban J connectivity index is 2.08. The Kier molecular flexibility index (Phi) is 5.24. The van der Waals surface area contributed by atoms with Gasteiger partial charge in [0.05, 0.1) is 24.8 Å². The highest BCUT2D eigenvalue weighted by Gasteiger charge is 2.08. The monoisotopic (exact) mass is 292 g/mol. The molecule has 0 amide bonds. The SMILES string of the molecule is CCOc1cc(NCc2cncs2)ccc1OC(C)C. The molecule has 0 saturated heterocycles. The first-order valence-electron chi connectivity index (χ1n) is 6.73. The molecule has 1 aromatic heterocycles. The molecule has 0 unspecified atom stereocenters. The molecular weight excluding hydrogens is 272 g/mol. The maximum absolute atomic E-state index is 5.74. The topological polar surface area (TPSA) is 43.4 Å². The summed E-state index contributed by atoms with van der Waals surface area (Å²) in [7, 11) is 0. The molecule has 1 heterocycles. The molecule has 0 aliphatic carbocycles. The fourth-order valence-electron chi connectivity index (χ4n) is 1.76. The summed E-state index contributed by atoms with van der Waals surface area (Å²) in [5.41, 5.74) is 2.85. The lowest BCUT2D eigenvalue weighted by Gasteiger charge is -2.16. The van der Waals surface area contributed by atoms with E-state index in [2.05, 4.69) is 10.3 Å². The van der Waals surface area contributed by atoms with Gasteiger partial charge in [0.1, 0.15) is 0 Å². The highest BCUT2D eigenvalue weighted by molar-refractivity contribution is 7.09. The Morgan fingerprint density at radius 2 is 2.15 bits per heavy atom. The highest BCUT2D eigenvalue weighted by atomic mass is 32.1. The van der Waals surface area contributed by atoms with Crippen molar-refractivity contribution in [3.8, 4) is 11.5 Å². The van der Waals surface area contributed by atoms with Gasteiger partial charge in [0.15, 0.2) is 11.5 Å². The van der Waals surface area contributed by atoms with E-state index in [9.17, 15) is 0 Å². The molecule has 1 N–H and O–H groups in total. The molecule has 4 nitrogen and oxygen atoms in total. The van der Waals surface area contributed by atoms with Gasteiger partial charge in [0, 0.05) is 22.8 Å². The van der Waals surface area contributed by atoms with E-state index in [1.807, 2.05) is 50.7 Å². The van der Waals surface area contributed by atoms with Crippen LogP contribution in [0.4, 0.5) is 5.69 Å². The van der Waals surface area contributed by atoms with E-state index in [0.29, 0.717) is 6.61 Å². The Hall–Kier alpha value is -1.75. The quantitative estimate of drug-likeness (QED) is 0.839. The molecule has 0 aliphatic rings. The van der Waals surface area contributed by atoms with Gasteiger partial charge < -0.3 is 14.8 Å². The van der Waals surface area contributed by atoms with Crippen molar-refractivity contribution in [2.24, 2.45) is 0 Å². The van der Waals surface area contributed by atoms with Crippen molar-refractivity contribution >= 4 is 17.0 Å². The van der Waals surface area contributed by atoms with E-state index < -0.39 is 0 Å². The van der Waals surface area contributed by atoms with Crippen molar-refractivity contribution in [1.82, 2.24) is 4.98 Å². The predicted octanol–water partition coefficient (Wildman–Crippen LogP) is 3.94. The van der Waals surface area contributed by atoms with E-state index in [1.54, 1.807) is 11.3 Å². The summed E-state index contributed by atoms with van der Waals surface area (Å²) in [6, 6.07) is 5.92. The molecule has 5 heteroatoms. The molecule has 20 heavy (non-hydrogen) atoms. The second kappa shape index (κ2) is 7.14. The summed E-state index contributed by atoms with van der Waals surface area (Å²) >= 11 is 1.64. The lowest BCUT2D eigenvalue weighted by atomic mass is 10.2. The molecule has 108 valence electrons.